The molecule has 2 aliphatic carbocycles. The molecule has 2 heterocycles. The molecule has 1 unspecified atom stereocenters. The van der Waals surface area contributed by atoms with Crippen LogP contribution < -0.4 is 5.32 Å². The van der Waals surface area contributed by atoms with E-state index in [2.05, 4.69) is 15.5 Å². The van der Waals surface area contributed by atoms with E-state index in [0.29, 0.717) is 34.2 Å². The van der Waals surface area contributed by atoms with Gasteiger partial charge in [0.15, 0.2) is 0 Å². The monoisotopic (exact) mass is 315 g/mol. The number of aromatic nitrogens is 2. The average molecular weight is 315 g/mol. The standard InChI is InChI=1S/C17H21N3O3/c1-9-14-12(15(22)19-17(2,8-21)11-5-6-11)7-13(10-3-4-10)18-16(14)23-20-9/h7,10-11,21H,3-6,8H2,1-2H3,(H,19,22). The van der Waals surface area contributed by atoms with E-state index in [1.54, 1.807) is 0 Å². The second-order valence-corrected chi connectivity index (χ2v) is 7.12. The summed E-state index contributed by atoms with van der Waals surface area (Å²) in [7, 11) is 0. The first-order valence-corrected chi connectivity index (χ1v) is 8.22. The highest BCUT2D eigenvalue weighted by Crippen LogP contribution is 2.41. The number of nitrogens with zero attached hydrogens (tertiary/aromatic N) is 2. The molecule has 2 aliphatic rings. The van der Waals surface area contributed by atoms with Gasteiger partial charge < -0.3 is 14.9 Å². The van der Waals surface area contributed by atoms with Crippen LogP contribution in [-0.2, 0) is 0 Å². The Balaban J connectivity index is 1.74. The number of hydrogen-bond acceptors (Lipinski definition) is 5. The molecule has 0 spiro atoms. The third kappa shape index (κ3) is 2.51. The van der Waals surface area contributed by atoms with Crippen LogP contribution in [-0.4, -0.2) is 33.3 Å². The summed E-state index contributed by atoms with van der Waals surface area (Å²) in [5.41, 5.74) is 1.97. The first-order chi connectivity index (χ1) is 11.0. The maximum Gasteiger partial charge on any atom is 0.259 e. The Bertz CT molecular complexity index is 777. The molecule has 122 valence electrons. The fourth-order valence-corrected chi connectivity index (χ4v) is 3.20. The predicted octanol–water partition coefficient (Wildman–Crippen LogP) is 2.30. The minimum Gasteiger partial charge on any atom is -0.394 e. The largest absolute Gasteiger partial charge is 0.394 e. The Hall–Kier alpha value is -1.95. The van der Waals surface area contributed by atoms with E-state index in [1.807, 2.05) is 19.9 Å². The molecule has 0 bridgehead atoms. The van der Waals surface area contributed by atoms with Gasteiger partial charge in [0.2, 0.25) is 0 Å². The molecule has 23 heavy (non-hydrogen) atoms. The molecule has 1 amide bonds. The summed E-state index contributed by atoms with van der Waals surface area (Å²) in [4.78, 5) is 17.4. The number of carbonyl (C=O) groups is 1. The molecule has 1 atom stereocenters. The van der Waals surface area contributed by atoms with Gasteiger partial charge in [0.25, 0.3) is 11.6 Å². The molecule has 2 N–H and O–H groups in total. The van der Waals surface area contributed by atoms with E-state index in [4.69, 9.17) is 4.52 Å². The Kier molecular flexibility index (Phi) is 3.20. The zero-order chi connectivity index (χ0) is 16.2. The molecule has 6 heteroatoms. The molecular weight excluding hydrogens is 294 g/mol. The minimum absolute atomic E-state index is 0.0598. The number of aliphatic hydroxyl groups is 1. The number of rotatable bonds is 5. The van der Waals surface area contributed by atoms with E-state index >= 15 is 0 Å². The number of amides is 1. The third-order valence-corrected chi connectivity index (χ3v) is 5.08. The number of aliphatic hydroxyl groups excluding tert-OH is 1. The van der Waals surface area contributed by atoms with Gasteiger partial charge in [0.1, 0.15) is 0 Å². The van der Waals surface area contributed by atoms with Crippen molar-refractivity contribution >= 4 is 17.0 Å². The van der Waals surface area contributed by atoms with Gasteiger partial charge in [0, 0.05) is 11.6 Å². The fraction of sp³-hybridized carbons (Fsp3) is 0.588. The van der Waals surface area contributed by atoms with Crippen molar-refractivity contribution in [1.82, 2.24) is 15.5 Å². The molecule has 6 nitrogen and oxygen atoms in total. The Morgan fingerprint density at radius 2 is 2.17 bits per heavy atom. The number of hydrogen-bond donors (Lipinski definition) is 2. The van der Waals surface area contributed by atoms with Crippen LogP contribution in [0, 0.1) is 12.8 Å². The van der Waals surface area contributed by atoms with Crippen molar-refractivity contribution in [1.29, 1.82) is 0 Å². The fourth-order valence-electron chi connectivity index (χ4n) is 3.20. The lowest BCUT2D eigenvalue weighted by Crippen LogP contribution is -2.50. The van der Waals surface area contributed by atoms with Gasteiger partial charge in [-0.2, -0.15) is 0 Å². The molecular formula is C17H21N3O3. The van der Waals surface area contributed by atoms with Crippen molar-refractivity contribution in [3.8, 4) is 0 Å². The van der Waals surface area contributed by atoms with E-state index in [9.17, 15) is 9.90 Å². The maximum absolute atomic E-state index is 12.9. The van der Waals surface area contributed by atoms with Crippen LogP contribution in [0.25, 0.3) is 11.1 Å². The summed E-state index contributed by atoms with van der Waals surface area (Å²) in [5.74, 6) is 0.582. The van der Waals surface area contributed by atoms with Crippen LogP contribution >= 0.6 is 0 Å². The molecule has 2 aromatic heterocycles. The maximum atomic E-state index is 12.9. The van der Waals surface area contributed by atoms with Crippen LogP contribution in [0.15, 0.2) is 10.6 Å². The zero-order valence-electron chi connectivity index (χ0n) is 13.4. The minimum atomic E-state index is -0.572. The van der Waals surface area contributed by atoms with Crippen LogP contribution in [0.1, 0.15) is 60.3 Å². The van der Waals surface area contributed by atoms with Crippen molar-refractivity contribution in [2.45, 2.75) is 51.0 Å². The van der Waals surface area contributed by atoms with Gasteiger partial charge in [-0.1, -0.05) is 5.16 Å². The van der Waals surface area contributed by atoms with Crippen molar-refractivity contribution < 1.29 is 14.4 Å². The Morgan fingerprint density at radius 1 is 1.43 bits per heavy atom. The Labute approximate surface area is 134 Å². The highest BCUT2D eigenvalue weighted by atomic mass is 16.5. The molecule has 4 rings (SSSR count). The molecule has 2 fully saturated rings. The van der Waals surface area contributed by atoms with Crippen LogP contribution in [0.5, 0.6) is 0 Å². The van der Waals surface area contributed by atoms with Crippen molar-refractivity contribution in [3.05, 3.63) is 23.0 Å². The van der Waals surface area contributed by atoms with E-state index in [-0.39, 0.29) is 12.5 Å². The first-order valence-electron chi connectivity index (χ1n) is 8.22. The predicted molar refractivity (Wildman–Crippen MR) is 84.2 cm³/mol. The van der Waals surface area contributed by atoms with Crippen molar-refractivity contribution in [3.63, 3.8) is 0 Å². The summed E-state index contributed by atoms with van der Waals surface area (Å²) >= 11 is 0. The summed E-state index contributed by atoms with van der Waals surface area (Å²) in [6, 6.07) is 1.87. The normalized spacial score (nSPS) is 20.5. The van der Waals surface area contributed by atoms with E-state index < -0.39 is 5.54 Å². The molecule has 0 saturated heterocycles. The van der Waals surface area contributed by atoms with Gasteiger partial charge >= 0.3 is 0 Å². The lowest BCUT2D eigenvalue weighted by molar-refractivity contribution is 0.0826. The first kappa shape index (κ1) is 14.6. The third-order valence-electron chi connectivity index (χ3n) is 5.08. The molecule has 0 aliphatic heterocycles. The highest BCUT2D eigenvalue weighted by Gasteiger charge is 2.42. The number of carbonyl (C=O) groups excluding carboxylic acids is 1. The number of aryl methyl sites for hydroxylation is 1. The lowest BCUT2D eigenvalue weighted by atomic mass is 9.96. The van der Waals surface area contributed by atoms with E-state index in [1.165, 1.54) is 0 Å². The van der Waals surface area contributed by atoms with Gasteiger partial charge in [0.05, 0.1) is 28.8 Å². The van der Waals surface area contributed by atoms with Gasteiger partial charge in [-0.25, -0.2) is 4.98 Å². The summed E-state index contributed by atoms with van der Waals surface area (Å²) < 4.78 is 5.28. The van der Waals surface area contributed by atoms with E-state index in [0.717, 1.165) is 31.4 Å². The van der Waals surface area contributed by atoms with Crippen molar-refractivity contribution in [2.24, 2.45) is 5.92 Å². The topological polar surface area (TPSA) is 88.2 Å². The molecule has 0 aromatic carbocycles. The average Bonchev–Trinajstić information content (AvgIpc) is 3.44. The number of nitrogens with one attached hydrogen (secondary N) is 1. The smallest absolute Gasteiger partial charge is 0.259 e. The highest BCUT2D eigenvalue weighted by molar-refractivity contribution is 6.06. The summed E-state index contributed by atoms with van der Waals surface area (Å²) in [5, 5.41) is 17.4. The second kappa shape index (κ2) is 5.03. The Morgan fingerprint density at radius 3 is 2.78 bits per heavy atom. The van der Waals surface area contributed by atoms with Gasteiger partial charge in [-0.15, -0.1) is 0 Å². The lowest BCUT2D eigenvalue weighted by Gasteiger charge is -2.29. The zero-order valence-corrected chi connectivity index (χ0v) is 13.4. The number of fused-ring (bicyclic) bond motifs is 1. The SMILES string of the molecule is Cc1noc2nc(C3CC3)cc(C(=O)NC(C)(CO)C3CC3)c12. The molecule has 2 saturated carbocycles. The van der Waals surface area contributed by atoms with Gasteiger partial charge in [-0.3, -0.25) is 4.79 Å². The van der Waals surface area contributed by atoms with Crippen LogP contribution in [0.2, 0.25) is 0 Å². The summed E-state index contributed by atoms with van der Waals surface area (Å²) in [6.07, 6.45) is 4.29. The summed E-state index contributed by atoms with van der Waals surface area (Å²) in [6.45, 7) is 3.66. The van der Waals surface area contributed by atoms with Crippen LogP contribution in [0.4, 0.5) is 0 Å². The molecule has 2 aromatic rings. The van der Waals surface area contributed by atoms with Gasteiger partial charge in [-0.05, 0) is 51.5 Å². The number of pyridine rings is 1. The quantitative estimate of drug-likeness (QED) is 0.884. The molecule has 0 radical (unpaired) electrons. The second-order valence-electron chi connectivity index (χ2n) is 7.12. The van der Waals surface area contributed by atoms with Crippen LogP contribution in [0.3, 0.4) is 0 Å². The van der Waals surface area contributed by atoms with Crippen molar-refractivity contribution in [2.75, 3.05) is 6.61 Å².